The topological polar surface area (TPSA) is 175 Å². The molecule has 8 unspecified atom stereocenters. The summed E-state index contributed by atoms with van der Waals surface area (Å²) in [5.41, 5.74) is 0. The van der Waals surface area contributed by atoms with Crippen molar-refractivity contribution in [3.63, 3.8) is 0 Å². The fourth-order valence-electron chi connectivity index (χ4n) is 8.99. The van der Waals surface area contributed by atoms with Crippen LogP contribution in [0, 0.1) is 0 Å². The van der Waals surface area contributed by atoms with Crippen LogP contribution < -0.4 is 5.32 Å². The van der Waals surface area contributed by atoms with Gasteiger partial charge < -0.3 is 45.1 Å². The van der Waals surface area contributed by atoms with E-state index >= 15 is 0 Å². The third kappa shape index (κ3) is 38.6. The van der Waals surface area contributed by atoms with Crippen molar-refractivity contribution < 1.29 is 49.3 Å². The minimum atomic E-state index is -1.63. The van der Waals surface area contributed by atoms with Crippen molar-refractivity contribution in [1.29, 1.82) is 0 Å². The minimum absolute atomic E-state index is 0.110. The van der Waals surface area contributed by atoms with Crippen LogP contribution >= 0.6 is 0 Å². The van der Waals surface area contributed by atoms with Crippen molar-refractivity contribution in [1.82, 2.24) is 5.32 Å². The van der Waals surface area contributed by atoms with Gasteiger partial charge in [-0.1, -0.05) is 229 Å². The molecule has 1 amide bonds. The third-order valence-corrected chi connectivity index (χ3v) is 13.8. The van der Waals surface area contributed by atoms with Crippen LogP contribution in [-0.2, 0) is 23.8 Å². The molecule has 0 saturated carbocycles. The molecule has 11 heteroatoms. The molecule has 0 spiro atoms. The van der Waals surface area contributed by atoms with Crippen LogP contribution in [0.1, 0.15) is 252 Å². The van der Waals surface area contributed by atoms with Gasteiger partial charge in [0.1, 0.15) is 24.4 Å². The highest BCUT2D eigenvalue weighted by molar-refractivity contribution is 5.80. The lowest BCUT2D eigenvalue weighted by Gasteiger charge is -2.41. The van der Waals surface area contributed by atoms with Gasteiger partial charge >= 0.3 is 5.97 Å². The Labute approximate surface area is 451 Å². The van der Waals surface area contributed by atoms with Crippen molar-refractivity contribution in [3.8, 4) is 0 Å². The first kappa shape index (κ1) is 69.1. The number of carbonyl (C=O) groups excluding carboxylic acids is 2. The summed E-state index contributed by atoms with van der Waals surface area (Å²) in [6.45, 7) is 5.71. The minimum Gasteiger partial charge on any atom is -0.454 e. The van der Waals surface area contributed by atoms with Crippen LogP contribution in [0.25, 0.3) is 0 Å². The van der Waals surface area contributed by atoms with Crippen molar-refractivity contribution in [2.75, 3.05) is 13.2 Å². The van der Waals surface area contributed by atoms with Crippen LogP contribution in [0.2, 0.25) is 0 Å². The van der Waals surface area contributed by atoms with Gasteiger partial charge in [-0.3, -0.25) is 9.59 Å². The zero-order valence-corrected chi connectivity index (χ0v) is 47.2. The number of hydrogen-bond donors (Lipinski definition) is 6. The molecule has 1 heterocycles. The number of ether oxygens (including phenoxy) is 3. The molecule has 1 saturated heterocycles. The number of amides is 1. The van der Waals surface area contributed by atoms with Crippen LogP contribution in [0.5, 0.6) is 0 Å². The summed E-state index contributed by atoms with van der Waals surface area (Å²) in [6, 6.07) is -1.06. The van der Waals surface area contributed by atoms with Gasteiger partial charge in [-0.25, -0.2) is 0 Å². The molecular weight excluding hydrogens is 931 g/mol. The fraction of sp³-hybridized carbons (Fsp3) is 0.778. The van der Waals surface area contributed by atoms with E-state index in [1.807, 2.05) is 18.2 Å². The molecule has 1 aliphatic rings. The van der Waals surface area contributed by atoms with E-state index in [9.17, 15) is 35.1 Å². The number of esters is 1. The summed E-state index contributed by atoms with van der Waals surface area (Å²) in [6.07, 6.45) is 53.7. The first-order valence-electron chi connectivity index (χ1n) is 30.2. The highest BCUT2D eigenvalue weighted by Gasteiger charge is 2.47. The van der Waals surface area contributed by atoms with Gasteiger partial charge in [-0.2, -0.15) is 0 Å². The van der Waals surface area contributed by atoms with E-state index in [1.165, 1.54) is 122 Å². The maximum Gasteiger partial charge on any atom is 0.306 e. The Morgan fingerprint density at radius 3 is 1.43 bits per heavy atom. The SMILES string of the molecule is CCCCC/C=C\C/C=C\C/C=C\C/C=C\CCC(O)C(=O)NC(COC1OC(CO)C(O)C(O)C1OC(=O)CCCCCCCCC/C=C/CCCCCCCC)C(O)/C=C/CCCCCCCCCCCC. The van der Waals surface area contributed by atoms with Gasteiger partial charge in [0, 0.05) is 6.42 Å². The third-order valence-electron chi connectivity index (χ3n) is 13.8. The molecule has 74 heavy (non-hydrogen) atoms. The van der Waals surface area contributed by atoms with E-state index in [0.29, 0.717) is 12.8 Å². The molecular formula is C63H111NO10. The standard InChI is InChI=1S/C63H111NO10/c1-4-7-10-13-16-19-22-25-27-29-31-33-36-39-42-45-48-51-58(68)74-61-60(70)59(69)57(52-65)73-63(61)72-53-54(55(66)49-46-43-40-37-34-24-21-18-15-12-9-6-3)64-62(71)56(67)50-47-44-41-38-35-32-30-28-26-23-20-17-14-11-8-5-2/h17,20,25-28,32,35,41,44,46,49,54-57,59-61,63,65-67,69-70H,4-16,18-19,21-24,29-31,33-34,36-40,42-43,45,47-48,50-53H2,1-3H3,(H,64,71)/b20-17-,27-25+,28-26-,35-32-,44-41-,49-46+. The average molecular weight is 1040 g/mol. The Morgan fingerprint density at radius 2 is 0.932 bits per heavy atom. The first-order chi connectivity index (χ1) is 36.2. The summed E-state index contributed by atoms with van der Waals surface area (Å²) in [5, 5.41) is 56.8. The molecule has 428 valence electrons. The molecule has 0 aromatic carbocycles. The fourth-order valence-corrected chi connectivity index (χ4v) is 8.99. The maximum atomic E-state index is 13.4. The van der Waals surface area contributed by atoms with E-state index in [1.54, 1.807) is 6.08 Å². The number of unbranched alkanes of at least 4 members (excludes halogenated alkanes) is 26. The molecule has 6 N–H and O–H groups in total. The first-order valence-corrected chi connectivity index (χ1v) is 30.2. The molecule has 0 radical (unpaired) electrons. The molecule has 11 nitrogen and oxygen atoms in total. The number of carbonyl (C=O) groups is 2. The number of allylic oxidation sites excluding steroid dienone is 11. The lowest BCUT2D eigenvalue weighted by atomic mass is 9.99. The van der Waals surface area contributed by atoms with Crippen LogP contribution in [-0.4, -0.2) is 99.6 Å². The predicted molar refractivity (Wildman–Crippen MR) is 306 cm³/mol. The smallest absolute Gasteiger partial charge is 0.306 e. The number of nitrogens with one attached hydrogen (secondary N) is 1. The zero-order chi connectivity index (χ0) is 54.0. The number of aliphatic hydroxyl groups is 5. The van der Waals surface area contributed by atoms with Gasteiger partial charge in [-0.05, 0) is 89.9 Å². The summed E-state index contributed by atoms with van der Waals surface area (Å²) in [7, 11) is 0. The van der Waals surface area contributed by atoms with Gasteiger partial charge in [0.05, 0.1) is 25.4 Å². The second kappa shape index (κ2) is 50.9. The van der Waals surface area contributed by atoms with Crippen molar-refractivity contribution in [2.45, 2.75) is 301 Å². The van der Waals surface area contributed by atoms with Gasteiger partial charge in [0.2, 0.25) is 5.91 Å². The molecule has 0 bridgehead atoms. The number of aliphatic hydroxyl groups excluding tert-OH is 5. The largest absolute Gasteiger partial charge is 0.454 e. The Kier molecular flexibility index (Phi) is 47.5. The second-order valence-corrected chi connectivity index (χ2v) is 20.7. The van der Waals surface area contributed by atoms with E-state index < -0.39 is 67.4 Å². The van der Waals surface area contributed by atoms with E-state index in [2.05, 4.69) is 74.7 Å². The highest BCUT2D eigenvalue weighted by Crippen LogP contribution is 2.26. The summed E-state index contributed by atoms with van der Waals surface area (Å²) in [5.74, 6) is -1.26. The zero-order valence-electron chi connectivity index (χ0n) is 47.2. The van der Waals surface area contributed by atoms with E-state index in [4.69, 9.17) is 14.2 Å². The van der Waals surface area contributed by atoms with Crippen molar-refractivity contribution >= 4 is 11.9 Å². The molecule has 0 aromatic rings. The quantitative estimate of drug-likeness (QED) is 0.0195. The molecule has 0 aromatic heterocycles. The predicted octanol–water partition coefficient (Wildman–Crippen LogP) is 14.0. The Morgan fingerprint density at radius 1 is 0.527 bits per heavy atom. The lowest BCUT2D eigenvalue weighted by molar-refractivity contribution is -0.305. The summed E-state index contributed by atoms with van der Waals surface area (Å²) >= 11 is 0. The number of hydrogen-bond acceptors (Lipinski definition) is 10. The van der Waals surface area contributed by atoms with E-state index in [-0.39, 0.29) is 19.4 Å². The normalized spacial score (nSPS) is 19.8. The molecule has 1 rings (SSSR count). The van der Waals surface area contributed by atoms with Crippen LogP contribution in [0.3, 0.4) is 0 Å². The maximum absolute atomic E-state index is 13.4. The Balaban J connectivity index is 2.75. The van der Waals surface area contributed by atoms with Gasteiger partial charge in [0.25, 0.3) is 0 Å². The lowest BCUT2D eigenvalue weighted by Crippen LogP contribution is -2.61. The molecule has 0 aliphatic carbocycles. The van der Waals surface area contributed by atoms with Crippen molar-refractivity contribution in [3.05, 3.63) is 72.9 Å². The van der Waals surface area contributed by atoms with Crippen molar-refractivity contribution in [2.24, 2.45) is 0 Å². The average Bonchev–Trinajstić information content (AvgIpc) is 3.40. The second-order valence-electron chi connectivity index (χ2n) is 20.7. The van der Waals surface area contributed by atoms with Crippen LogP contribution in [0.15, 0.2) is 72.9 Å². The van der Waals surface area contributed by atoms with Crippen LogP contribution in [0.4, 0.5) is 0 Å². The summed E-state index contributed by atoms with van der Waals surface area (Å²) < 4.78 is 17.6. The molecule has 1 aliphatic heterocycles. The van der Waals surface area contributed by atoms with Gasteiger partial charge in [0.15, 0.2) is 12.4 Å². The van der Waals surface area contributed by atoms with E-state index in [0.717, 1.165) is 83.5 Å². The molecule has 1 fully saturated rings. The Bertz CT molecular complexity index is 1480. The van der Waals surface area contributed by atoms with Gasteiger partial charge in [-0.15, -0.1) is 0 Å². The Hall–Kier alpha value is -2.90. The summed E-state index contributed by atoms with van der Waals surface area (Å²) in [4.78, 5) is 26.5. The highest BCUT2D eigenvalue weighted by atomic mass is 16.7. The molecule has 8 atom stereocenters. The number of rotatable bonds is 50. The monoisotopic (exact) mass is 1040 g/mol.